The minimum Gasteiger partial charge on any atom is -0.280 e. The third kappa shape index (κ3) is 4.47. The molecule has 78 valence electrons. The molecule has 0 aromatic carbocycles. The van der Waals surface area contributed by atoms with Gasteiger partial charge in [-0.2, -0.15) is 5.26 Å². The number of thioether (sulfide) groups is 1. The van der Waals surface area contributed by atoms with Gasteiger partial charge in [0.1, 0.15) is 5.84 Å². The van der Waals surface area contributed by atoms with Crippen molar-refractivity contribution < 1.29 is 0 Å². The summed E-state index contributed by atoms with van der Waals surface area (Å²) in [5, 5.41) is 11.0. The molecule has 0 bridgehead atoms. The third-order valence-corrected chi connectivity index (χ3v) is 2.66. The normalized spacial score (nSPS) is 10.8. The van der Waals surface area contributed by atoms with Crippen LogP contribution in [0.3, 0.4) is 0 Å². The Morgan fingerprint density at radius 2 is 2.53 bits per heavy atom. The fourth-order valence-corrected chi connectivity index (χ4v) is 1.83. The first kappa shape index (κ1) is 11.5. The predicted octanol–water partition coefficient (Wildman–Crippen LogP) is 1.41. The lowest BCUT2D eigenvalue weighted by Gasteiger charge is -2.02. The number of aromatic nitrogens is 1. The number of nitriles is 1. The van der Waals surface area contributed by atoms with Crippen LogP contribution in [-0.4, -0.2) is 23.6 Å². The number of nitrogens with zero attached hydrogens (tertiary/aromatic N) is 3. The number of hydrogen-bond donors (Lipinski definition) is 1. The van der Waals surface area contributed by atoms with Gasteiger partial charge in [-0.15, -0.1) is 11.8 Å². The number of amidine groups is 1. The van der Waals surface area contributed by atoms with Gasteiger partial charge < -0.3 is 0 Å². The monoisotopic (exact) mass is 220 g/mol. The zero-order chi connectivity index (χ0) is 10.9. The second kappa shape index (κ2) is 6.85. The first-order valence-corrected chi connectivity index (χ1v) is 5.60. The zero-order valence-corrected chi connectivity index (χ0v) is 9.29. The molecule has 5 heteroatoms. The van der Waals surface area contributed by atoms with Crippen LogP contribution >= 0.6 is 11.8 Å². The van der Waals surface area contributed by atoms with Gasteiger partial charge in [-0.25, -0.2) is 0 Å². The molecule has 1 N–H and O–H groups in total. The van der Waals surface area contributed by atoms with E-state index in [4.69, 9.17) is 5.26 Å². The number of aliphatic imine (C=N–C) groups is 1. The summed E-state index contributed by atoms with van der Waals surface area (Å²) in [6, 6.07) is 5.84. The van der Waals surface area contributed by atoms with Gasteiger partial charge in [-0.1, -0.05) is 6.07 Å². The van der Waals surface area contributed by atoms with E-state index < -0.39 is 0 Å². The van der Waals surface area contributed by atoms with E-state index in [1.54, 1.807) is 25.0 Å². The van der Waals surface area contributed by atoms with Crippen molar-refractivity contribution in [1.82, 2.24) is 10.3 Å². The van der Waals surface area contributed by atoms with Crippen LogP contribution in [0.4, 0.5) is 0 Å². The summed E-state index contributed by atoms with van der Waals surface area (Å²) in [5.74, 6) is 2.21. The lowest BCUT2D eigenvalue weighted by molar-refractivity contribution is 1.17. The van der Waals surface area contributed by atoms with E-state index in [2.05, 4.69) is 15.3 Å². The molecule has 0 unspecified atom stereocenters. The van der Waals surface area contributed by atoms with Gasteiger partial charge in [-0.05, 0) is 12.1 Å². The van der Waals surface area contributed by atoms with Crippen LogP contribution in [0.15, 0.2) is 29.4 Å². The van der Waals surface area contributed by atoms with Crippen LogP contribution in [0.2, 0.25) is 0 Å². The van der Waals surface area contributed by atoms with Crippen molar-refractivity contribution in [3.63, 3.8) is 0 Å². The van der Waals surface area contributed by atoms with E-state index in [1.165, 1.54) is 0 Å². The highest BCUT2D eigenvalue weighted by Gasteiger charge is 1.98. The Kier molecular flexibility index (Phi) is 5.26. The van der Waals surface area contributed by atoms with Crippen molar-refractivity contribution in [2.45, 2.75) is 5.75 Å². The quantitative estimate of drug-likeness (QED) is 0.361. The number of nitrogens with one attached hydrogen (secondary N) is 1. The number of hydrogen-bond acceptors (Lipinski definition) is 4. The summed E-state index contributed by atoms with van der Waals surface area (Å²) in [6.45, 7) is 0. The molecule has 0 spiro atoms. The Hall–Kier alpha value is -1.54. The molecule has 1 aromatic heterocycles. The Bertz CT molecular complexity index is 355. The lowest BCUT2D eigenvalue weighted by atomic mass is 10.4. The topological polar surface area (TPSA) is 61.1 Å². The van der Waals surface area contributed by atoms with Gasteiger partial charge in [0.05, 0.1) is 11.4 Å². The summed E-state index contributed by atoms with van der Waals surface area (Å²) in [6.07, 6.45) is 3.63. The van der Waals surface area contributed by atoms with Crippen molar-refractivity contribution in [2.24, 2.45) is 4.99 Å². The molecule has 0 fully saturated rings. The van der Waals surface area contributed by atoms with Crippen molar-refractivity contribution >= 4 is 17.6 Å². The molecule has 0 amide bonds. The Morgan fingerprint density at radius 3 is 3.13 bits per heavy atom. The number of pyridine rings is 1. The average Bonchev–Trinajstić information content (AvgIpc) is 2.29. The molecule has 1 heterocycles. The highest BCUT2D eigenvalue weighted by molar-refractivity contribution is 7.99. The van der Waals surface area contributed by atoms with E-state index in [9.17, 15) is 0 Å². The van der Waals surface area contributed by atoms with E-state index in [0.29, 0.717) is 11.6 Å². The zero-order valence-electron chi connectivity index (χ0n) is 8.47. The SMILES string of the molecule is CN=C(CSCc1ccccn1)NC#N. The summed E-state index contributed by atoms with van der Waals surface area (Å²) in [4.78, 5) is 8.15. The van der Waals surface area contributed by atoms with Crippen LogP contribution in [0.1, 0.15) is 5.69 Å². The molecule has 1 rings (SSSR count). The molecule has 0 saturated carbocycles. The van der Waals surface area contributed by atoms with Gasteiger partial charge >= 0.3 is 0 Å². The van der Waals surface area contributed by atoms with Crippen LogP contribution in [-0.2, 0) is 5.75 Å². The highest BCUT2D eigenvalue weighted by atomic mass is 32.2. The van der Waals surface area contributed by atoms with Gasteiger partial charge in [-0.3, -0.25) is 15.3 Å². The fourth-order valence-electron chi connectivity index (χ4n) is 0.957. The van der Waals surface area contributed by atoms with Gasteiger partial charge in [0, 0.05) is 19.0 Å². The van der Waals surface area contributed by atoms with Crippen LogP contribution in [0.5, 0.6) is 0 Å². The van der Waals surface area contributed by atoms with E-state index in [0.717, 1.165) is 11.4 Å². The maximum absolute atomic E-state index is 8.42. The minimum atomic E-state index is 0.693. The predicted molar refractivity (Wildman–Crippen MR) is 62.5 cm³/mol. The Labute approximate surface area is 93.4 Å². The lowest BCUT2D eigenvalue weighted by Crippen LogP contribution is -2.20. The number of rotatable bonds is 4. The molecule has 15 heavy (non-hydrogen) atoms. The molecule has 0 atom stereocenters. The average molecular weight is 220 g/mol. The van der Waals surface area contributed by atoms with E-state index in [-0.39, 0.29) is 0 Å². The largest absolute Gasteiger partial charge is 0.280 e. The maximum atomic E-state index is 8.42. The van der Waals surface area contributed by atoms with Gasteiger partial charge in [0.15, 0.2) is 6.19 Å². The Balaban J connectivity index is 2.31. The molecular weight excluding hydrogens is 208 g/mol. The summed E-state index contributed by atoms with van der Waals surface area (Å²) in [7, 11) is 1.67. The first-order valence-electron chi connectivity index (χ1n) is 4.45. The van der Waals surface area contributed by atoms with Crippen molar-refractivity contribution in [2.75, 3.05) is 12.8 Å². The second-order valence-electron chi connectivity index (χ2n) is 2.72. The minimum absolute atomic E-state index is 0.693. The van der Waals surface area contributed by atoms with Crippen LogP contribution < -0.4 is 5.32 Å². The summed E-state index contributed by atoms with van der Waals surface area (Å²) >= 11 is 1.67. The molecule has 4 nitrogen and oxygen atoms in total. The molecule has 0 aliphatic carbocycles. The standard InChI is InChI=1S/C10H12N4S/c1-12-10(14-8-11)7-15-6-9-4-2-3-5-13-9/h2-5H,6-7H2,1H3,(H,12,14). The molecular formula is C10H12N4S. The molecule has 0 radical (unpaired) electrons. The van der Waals surface area contributed by atoms with E-state index in [1.807, 2.05) is 24.4 Å². The van der Waals surface area contributed by atoms with Crippen LogP contribution in [0.25, 0.3) is 0 Å². The molecule has 1 aromatic rings. The first-order chi connectivity index (χ1) is 7.36. The van der Waals surface area contributed by atoms with E-state index >= 15 is 0 Å². The maximum Gasteiger partial charge on any atom is 0.182 e. The van der Waals surface area contributed by atoms with Crippen molar-refractivity contribution in [3.05, 3.63) is 30.1 Å². The highest BCUT2D eigenvalue weighted by Crippen LogP contribution is 2.08. The summed E-state index contributed by atoms with van der Waals surface area (Å²) < 4.78 is 0. The smallest absolute Gasteiger partial charge is 0.182 e. The third-order valence-electron chi connectivity index (χ3n) is 1.68. The van der Waals surface area contributed by atoms with Gasteiger partial charge in [0.2, 0.25) is 0 Å². The molecule has 0 aliphatic heterocycles. The summed E-state index contributed by atoms with van der Waals surface area (Å²) in [5.41, 5.74) is 1.04. The molecule has 0 aliphatic rings. The molecule has 0 saturated heterocycles. The second-order valence-corrected chi connectivity index (χ2v) is 3.71. The van der Waals surface area contributed by atoms with Gasteiger partial charge in [0.25, 0.3) is 0 Å². The van der Waals surface area contributed by atoms with Crippen molar-refractivity contribution in [3.8, 4) is 6.19 Å². The van der Waals surface area contributed by atoms with Crippen molar-refractivity contribution in [1.29, 1.82) is 5.26 Å². The Morgan fingerprint density at radius 1 is 1.67 bits per heavy atom. The van der Waals surface area contributed by atoms with Crippen LogP contribution in [0, 0.1) is 11.5 Å². The fraction of sp³-hybridized carbons (Fsp3) is 0.300.